The molecule has 1 aromatic rings. The molecule has 0 N–H and O–H groups in total. The Labute approximate surface area is 147 Å². The van der Waals surface area contributed by atoms with Crippen LogP contribution < -0.4 is 4.90 Å². The Morgan fingerprint density at radius 3 is 2.00 bits per heavy atom. The van der Waals surface area contributed by atoms with Crippen molar-refractivity contribution in [1.82, 2.24) is 0 Å². The number of rotatable bonds is 9. The number of carbonyl (C=O) groups is 1. The van der Waals surface area contributed by atoms with E-state index < -0.39 is 40.3 Å². The molecule has 0 saturated heterocycles. The predicted octanol–water partition coefficient (Wildman–Crippen LogP) is 5.98. The highest BCUT2D eigenvalue weighted by Crippen LogP contribution is 2.33. The Balaban J connectivity index is 3.30. The van der Waals surface area contributed by atoms with Gasteiger partial charge in [-0.05, 0) is 12.8 Å². The van der Waals surface area contributed by atoms with Crippen molar-refractivity contribution in [2.45, 2.75) is 66.2 Å². The van der Waals surface area contributed by atoms with Crippen LogP contribution in [0.15, 0.2) is 6.07 Å². The third-order valence-corrected chi connectivity index (χ3v) is 4.29. The molecule has 1 amide bonds. The zero-order chi connectivity index (χ0) is 19.2. The first-order chi connectivity index (χ1) is 11.7. The number of amides is 1. The second-order valence-corrected chi connectivity index (χ2v) is 6.97. The first-order valence-corrected chi connectivity index (χ1v) is 8.82. The smallest absolute Gasteiger partial charge is 0.232 e. The summed E-state index contributed by atoms with van der Waals surface area (Å²) in [5.74, 6) is -6.61. The summed E-state index contributed by atoms with van der Waals surface area (Å²) in [4.78, 5) is 13.8. The Hall–Kier alpha value is -1.59. The molecule has 0 aromatic heterocycles. The highest BCUT2D eigenvalue weighted by Gasteiger charge is 2.35. The first kappa shape index (κ1) is 21.5. The summed E-state index contributed by atoms with van der Waals surface area (Å²) >= 11 is 0. The first-order valence-electron chi connectivity index (χ1n) is 8.82. The number of hydrogen-bond acceptors (Lipinski definition) is 1. The normalized spacial score (nSPS) is 11.7. The van der Waals surface area contributed by atoms with Gasteiger partial charge in [0.2, 0.25) is 5.91 Å². The molecular weight excluding hydrogens is 334 g/mol. The van der Waals surface area contributed by atoms with E-state index in [0.29, 0.717) is 19.3 Å². The molecule has 0 unspecified atom stereocenters. The van der Waals surface area contributed by atoms with Crippen molar-refractivity contribution in [2.24, 2.45) is 5.41 Å². The maximum absolute atomic E-state index is 14.2. The fourth-order valence-corrected chi connectivity index (χ4v) is 2.91. The molecule has 6 heteroatoms. The largest absolute Gasteiger partial charge is 0.307 e. The van der Waals surface area contributed by atoms with E-state index in [1.807, 2.05) is 13.8 Å². The lowest BCUT2D eigenvalue weighted by molar-refractivity contribution is -0.127. The van der Waals surface area contributed by atoms with Gasteiger partial charge in [0.15, 0.2) is 23.3 Å². The molecule has 2 nitrogen and oxygen atoms in total. The molecule has 0 aliphatic carbocycles. The summed E-state index contributed by atoms with van der Waals surface area (Å²) in [5.41, 5.74) is -1.82. The third-order valence-electron chi connectivity index (χ3n) is 4.29. The van der Waals surface area contributed by atoms with Crippen LogP contribution in [0.5, 0.6) is 0 Å². The second kappa shape index (κ2) is 9.20. The van der Waals surface area contributed by atoms with Gasteiger partial charge < -0.3 is 4.90 Å². The quantitative estimate of drug-likeness (QED) is 0.301. The number of hydrogen-bond donors (Lipinski definition) is 0. The van der Waals surface area contributed by atoms with Crippen LogP contribution >= 0.6 is 0 Å². The number of nitrogens with zero attached hydrogens (tertiary/aromatic N) is 1. The van der Waals surface area contributed by atoms with Gasteiger partial charge in [0, 0.05) is 18.0 Å². The number of halogens is 4. The van der Waals surface area contributed by atoms with Gasteiger partial charge in [0.25, 0.3) is 0 Å². The second-order valence-electron chi connectivity index (χ2n) is 6.97. The van der Waals surface area contributed by atoms with E-state index in [9.17, 15) is 22.4 Å². The molecule has 0 heterocycles. The summed E-state index contributed by atoms with van der Waals surface area (Å²) in [6.07, 6.45) is 4.31. The van der Waals surface area contributed by atoms with E-state index in [1.165, 1.54) is 0 Å². The Morgan fingerprint density at radius 2 is 1.52 bits per heavy atom. The SMILES string of the molecule is CCCCCCN(C(=O)C(C)(C)CCC)c1c(F)c(F)cc(F)c1F. The van der Waals surface area contributed by atoms with Crippen molar-refractivity contribution in [3.05, 3.63) is 29.3 Å². The zero-order valence-corrected chi connectivity index (χ0v) is 15.4. The minimum absolute atomic E-state index is 0.0166. The van der Waals surface area contributed by atoms with Crippen molar-refractivity contribution >= 4 is 11.6 Å². The molecule has 0 aliphatic rings. The number of anilines is 1. The topological polar surface area (TPSA) is 20.3 Å². The average Bonchev–Trinajstić information content (AvgIpc) is 2.54. The molecule has 142 valence electrons. The van der Waals surface area contributed by atoms with Crippen molar-refractivity contribution < 1.29 is 22.4 Å². The highest BCUT2D eigenvalue weighted by molar-refractivity contribution is 5.97. The van der Waals surface area contributed by atoms with Gasteiger partial charge in [0.1, 0.15) is 5.69 Å². The van der Waals surface area contributed by atoms with Crippen LogP contribution in [0.25, 0.3) is 0 Å². The Kier molecular flexibility index (Phi) is 7.90. The number of unbranched alkanes of at least 4 members (excludes halogenated alkanes) is 3. The van der Waals surface area contributed by atoms with Crippen LogP contribution in [0, 0.1) is 28.7 Å². The van der Waals surface area contributed by atoms with Gasteiger partial charge in [-0.25, -0.2) is 17.6 Å². The number of benzene rings is 1. The lowest BCUT2D eigenvalue weighted by Gasteiger charge is -2.32. The Bertz CT molecular complexity index is 575. The van der Waals surface area contributed by atoms with Crippen LogP contribution in [0.1, 0.15) is 66.2 Å². The molecule has 0 fully saturated rings. The van der Waals surface area contributed by atoms with Crippen molar-refractivity contribution in [1.29, 1.82) is 0 Å². The van der Waals surface area contributed by atoms with Crippen LogP contribution in [0.2, 0.25) is 0 Å². The standard InChI is InChI=1S/C19H27F4NO/c1-5-7-8-9-11-24(18(25)19(3,4)10-6-2)17-15(22)13(20)12-14(21)16(17)23/h12H,5-11H2,1-4H3. The molecule has 0 radical (unpaired) electrons. The fraction of sp³-hybridized carbons (Fsp3) is 0.632. The van der Waals surface area contributed by atoms with Gasteiger partial charge >= 0.3 is 0 Å². The summed E-state index contributed by atoms with van der Waals surface area (Å²) in [6.45, 7) is 7.26. The molecule has 0 aliphatic heterocycles. The van der Waals surface area contributed by atoms with Crippen molar-refractivity contribution in [3.8, 4) is 0 Å². The summed E-state index contributed by atoms with van der Waals surface area (Å²) in [7, 11) is 0. The van der Waals surface area contributed by atoms with Crippen LogP contribution in [0.4, 0.5) is 23.2 Å². The van der Waals surface area contributed by atoms with Crippen molar-refractivity contribution in [2.75, 3.05) is 11.4 Å². The molecule has 0 spiro atoms. The van der Waals surface area contributed by atoms with E-state index in [4.69, 9.17) is 0 Å². The van der Waals surface area contributed by atoms with Gasteiger partial charge in [-0.1, -0.05) is 53.4 Å². The number of carbonyl (C=O) groups excluding carboxylic acids is 1. The Morgan fingerprint density at radius 1 is 0.960 bits per heavy atom. The maximum atomic E-state index is 14.2. The van der Waals surface area contributed by atoms with Crippen molar-refractivity contribution in [3.63, 3.8) is 0 Å². The van der Waals surface area contributed by atoms with E-state index in [-0.39, 0.29) is 12.6 Å². The van der Waals surface area contributed by atoms with E-state index in [2.05, 4.69) is 0 Å². The monoisotopic (exact) mass is 361 g/mol. The van der Waals surface area contributed by atoms with Gasteiger partial charge in [-0.2, -0.15) is 0 Å². The molecule has 1 rings (SSSR count). The van der Waals surface area contributed by atoms with Crippen LogP contribution in [0.3, 0.4) is 0 Å². The molecule has 0 bridgehead atoms. The van der Waals surface area contributed by atoms with Crippen LogP contribution in [-0.2, 0) is 4.79 Å². The van der Waals surface area contributed by atoms with Gasteiger partial charge in [-0.3, -0.25) is 4.79 Å². The summed E-state index contributed by atoms with van der Waals surface area (Å²) in [5, 5.41) is 0. The summed E-state index contributed by atoms with van der Waals surface area (Å²) < 4.78 is 55.7. The highest BCUT2D eigenvalue weighted by atomic mass is 19.2. The van der Waals surface area contributed by atoms with Gasteiger partial charge in [0.05, 0.1) is 0 Å². The lowest BCUT2D eigenvalue weighted by atomic mass is 9.86. The third kappa shape index (κ3) is 5.19. The molecule has 0 saturated carbocycles. The molecule has 1 aromatic carbocycles. The van der Waals surface area contributed by atoms with Crippen LogP contribution in [-0.4, -0.2) is 12.5 Å². The van der Waals surface area contributed by atoms with E-state index in [1.54, 1.807) is 13.8 Å². The van der Waals surface area contributed by atoms with E-state index >= 15 is 0 Å². The molecular formula is C19H27F4NO. The molecule has 25 heavy (non-hydrogen) atoms. The minimum Gasteiger partial charge on any atom is -0.307 e. The zero-order valence-electron chi connectivity index (χ0n) is 15.4. The van der Waals surface area contributed by atoms with Gasteiger partial charge in [-0.15, -0.1) is 0 Å². The maximum Gasteiger partial charge on any atom is 0.232 e. The average molecular weight is 361 g/mol. The van der Waals surface area contributed by atoms with E-state index in [0.717, 1.165) is 24.2 Å². The minimum atomic E-state index is -1.53. The lowest BCUT2D eigenvalue weighted by Crippen LogP contribution is -2.43. The fourth-order valence-electron chi connectivity index (χ4n) is 2.91. The molecule has 0 atom stereocenters. The predicted molar refractivity (Wildman–Crippen MR) is 91.5 cm³/mol. The summed E-state index contributed by atoms with van der Waals surface area (Å²) in [6, 6.07) is 0.158.